The van der Waals surface area contributed by atoms with Crippen LogP contribution in [-0.4, -0.2) is 39.7 Å². The maximum absolute atomic E-state index is 10.9. The van der Waals surface area contributed by atoms with Gasteiger partial charge in [0.25, 0.3) is 0 Å². The van der Waals surface area contributed by atoms with E-state index in [4.69, 9.17) is 0 Å². The lowest BCUT2D eigenvalue weighted by molar-refractivity contribution is -0.108. The number of rotatable bonds is 3. The molecule has 0 radical (unpaired) electrons. The number of aldehydes is 1. The molecule has 0 saturated heterocycles. The predicted molar refractivity (Wildman–Crippen MR) is 44.2 cm³/mol. The SMILES string of the molecule is CC(C=O)(S(C)(=O)=O)S(C)(=O)=O. The minimum Gasteiger partial charge on any atom is -0.300 e. The first-order valence-corrected chi connectivity index (χ1v) is 6.70. The number of sulfone groups is 2. The van der Waals surface area contributed by atoms with Gasteiger partial charge in [-0.3, -0.25) is 0 Å². The molecule has 0 heterocycles. The Labute approximate surface area is 71.6 Å². The van der Waals surface area contributed by atoms with Crippen molar-refractivity contribution in [3.05, 3.63) is 0 Å². The van der Waals surface area contributed by atoms with E-state index in [9.17, 15) is 21.6 Å². The monoisotopic (exact) mass is 214 g/mol. The summed E-state index contributed by atoms with van der Waals surface area (Å²) >= 11 is 0. The van der Waals surface area contributed by atoms with Gasteiger partial charge in [-0.25, -0.2) is 16.8 Å². The second-order valence-electron chi connectivity index (χ2n) is 2.68. The highest BCUT2D eigenvalue weighted by Gasteiger charge is 2.45. The van der Waals surface area contributed by atoms with Gasteiger partial charge in [-0.05, 0) is 6.92 Å². The Morgan fingerprint density at radius 1 is 1.00 bits per heavy atom. The van der Waals surface area contributed by atoms with Gasteiger partial charge in [-0.15, -0.1) is 0 Å². The highest BCUT2D eigenvalue weighted by Crippen LogP contribution is 2.19. The van der Waals surface area contributed by atoms with E-state index in [0.29, 0.717) is 12.5 Å². The first kappa shape index (κ1) is 11.6. The number of hydrogen-bond acceptors (Lipinski definition) is 5. The van der Waals surface area contributed by atoms with Gasteiger partial charge in [0.15, 0.2) is 26.0 Å². The van der Waals surface area contributed by atoms with Crippen LogP contribution in [0.5, 0.6) is 0 Å². The van der Waals surface area contributed by atoms with E-state index >= 15 is 0 Å². The molecule has 0 aromatic carbocycles. The Morgan fingerprint density at radius 3 is 1.25 bits per heavy atom. The molecule has 0 aliphatic carbocycles. The minimum atomic E-state index is -3.93. The standard InChI is InChI=1S/C5H10O5S2/c1-5(4-6,11(2,7)8)12(3,9)10/h4H,1-3H3. The van der Waals surface area contributed by atoms with Crippen molar-refractivity contribution in [1.29, 1.82) is 0 Å². The van der Waals surface area contributed by atoms with Crippen molar-refractivity contribution >= 4 is 26.0 Å². The van der Waals surface area contributed by atoms with Gasteiger partial charge in [0.2, 0.25) is 4.08 Å². The van der Waals surface area contributed by atoms with Crippen LogP contribution in [0, 0.1) is 0 Å². The lowest BCUT2D eigenvalue weighted by Crippen LogP contribution is -2.43. The molecule has 0 spiro atoms. The van der Waals surface area contributed by atoms with Crippen LogP contribution in [0.25, 0.3) is 0 Å². The summed E-state index contributed by atoms with van der Waals surface area (Å²) in [5.74, 6) is 0. The Bertz CT molecular complexity index is 342. The topological polar surface area (TPSA) is 85.3 Å². The zero-order valence-electron chi connectivity index (χ0n) is 6.94. The maximum atomic E-state index is 10.9. The van der Waals surface area contributed by atoms with Gasteiger partial charge in [0.05, 0.1) is 0 Å². The first-order chi connectivity index (χ1) is 5.06. The average molecular weight is 214 g/mol. The predicted octanol–water partition coefficient (Wildman–Crippen LogP) is -1.01. The third-order valence-corrected chi connectivity index (χ3v) is 6.64. The summed E-state index contributed by atoms with van der Waals surface area (Å²) in [7, 11) is -7.86. The second-order valence-corrected chi connectivity index (χ2v) is 7.72. The van der Waals surface area contributed by atoms with Crippen molar-refractivity contribution in [3.63, 3.8) is 0 Å². The molecule has 0 fully saturated rings. The van der Waals surface area contributed by atoms with Crippen LogP contribution in [-0.2, 0) is 24.5 Å². The van der Waals surface area contributed by atoms with Gasteiger partial charge in [0.1, 0.15) is 0 Å². The van der Waals surface area contributed by atoms with Gasteiger partial charge < -0.3 is 4.79 Å². The van der Waals surface area contributed by atoms with Crippen LogP contribution >= 0.6 is 0 Å². The van der Waals surface area contributed by atoms with Crippen molar-refractivity contribution in [2.24, 2.45) is 0 Å². The van der Waals surface area contributed by atoms with Gasteiger partial charge >= 0.3 is 0 Å². The second kappa shape index (κ2) is 2.81. The third kappa shape index (κ3) is 1.66. The fraction of sp³-hybridized carbons (Fsp3) is 0.800. The molecule has 0 saturated carbocycles. The maximum Gasteiger partial charge on any atom is 0.224 e. The summed E-state index contributed by atoms with van der Waals surface area (Å²) in [5.41, 5.74) is 0. The Hall–Kier alpha value is -0.430. The third-order valence-electron chi connectivity index (χ3n) is 1.69. The van der Waals surface area contributed by atoms with Crippen LogP contribution in [0.2, 0.25) is 0 Å². The molecule has 12 heavy (non-hydrogen) atoms. The normalized spacial score (nSPS) is 14.2. The summed E-state index contributed by atoms with van der Waals surface area (Å²) in [6.07, 6.45) is 1.35. The van der Waals surface area contributed by atoms with E-state index in [1.165, 1.54) is 0 Å². The molecule has 0 atom stereocenters. The van der Waals surface area contributed by atoms with Crippen molar-refractivity contribution < 1.29 is 21.6 Å². The zero-order chi connectivity index (χ0) is 10.2. The van der Waals surface area contributed by atoms with Crippen LogP contribution in [0.15, 0.2) is 0 Å². The molecule has 0 rings (SSSR count). The van der Waals surface area contributed by atoms with Gasteiger partial charge in [-0.2, -0.15) is 0 Å². The van der Waals surface area contributed by atoms with Crippen LogP contribution in [0.1, 0.15) is 6.92 Å². The Kier molecular flexibility index (Phi) is 2.71. The van der Waals surface area contributed by atoms with Crippen molar-refractivity contribution in [2.75, 3.05) is 12.5 Å². The molecule has 0 aliphatic rings. The first-order valence-electron chi connectivity index (χ1n) is 2.92. The molecule has 0 aliphatic heterocycles. The van der Waals surface area contributed by atoms with E-state index in [1.54, 1.807) is 0 Å². The summed E-state index contributed by atoms with van der Waals surface area (Å²) in [5, 5.41) is 0. The Morgan fingerprint density at radius 2 is 1.25 bits per heavy atom. The van der Waals surface area contributed by atoms with Crippen LogP contribution < -0.4 is 0 Å². The zero-order valence-corrected chi connectivity index (χ0v) is 8.57. The molecule has 7 heteroatoms. The summed E-state index contributed by atoms with van der Waals surface area (Å²) < 4.78 is 41.4. The van der Waals surface area contributed by atoms with E-state index < -0.39 is 23.8 Å². The summed E-state index contributed by atoms with van der Waals surface area (Å²) in [6, 6.07) is 0. The lowest BCUT2D eigenvalue weighted by Gasteiger charge is -2.17. The molecule has 5 nitrogen and oxygen atoms in total. The quantitative estimate of drug-likeness (QED) is 0.562. The van der Waals surface area contributed by atoms with E-state index in [-0.39, 0.29) is 6.29 Å². The van der Waals surface area contributed by atoms with Crippen molar-refractivity contribution in [1.82, 2.24) is 0 Å². The molecular weight excluding hydrogens is 204 g/mol. The Balaban J connectivity index is 5.75. The lowest BCUT2D eigenvalue weighted by atomic mass is 10.5. The highest BCUT2D eigenvalue weighted by molar-refractivity contribution is 8.10. The van der Waals surface area contributed by atoms with E-state index in [0.717, 1.165) is 6.92 Å². The summed E-state index contributed by atoms with van der Waals surface area (Å²) in [4.78, 5) is 10.4. The molecular formula is C5H10O5S2. The van der Waals surface area contributed by atoms with Gasteiger partial charge in [-0.1, -0.05) is 0 Å². The fourth-order valence-electron chi connectivity index (χ4n) is 0.450. The number of carbonyl (C=O) groups is 1. The number of carbonyl (C=O) groups excluding carboxylic acids is 1. The van der Waals surface area contributed by atoms with Crippen molar-refractivity contribution in [3.8, 4) is 0 Å². The van der Waals surface area contributed by atoms with Crippen LogP contribution in [0.4, 0.5) is 0 Å². The number of hydrogen-bond donors (Lipinski definition) is 0. The van der Waals surface area contributed by atoms with E-state index in [1.807, 2.05) is 0 Å². The molecule has 0 bridgehead atoms. The largest absolute Gasteiger partial charge is 0.300 e. The van der Waals surface area contributed by atoms with Crippen molar-refractivity contribution in [2.45, 2.75) is 11.0 Å². The van der Waals surface area contributed by atoms with Gasteiger partial charge in [0, 0.05) is 12.5 Å². The minimum absolute atomic E-state index is 0.0718. The van der Waals surface area contributed by atoms with Crippen LogP contribution in [0.3, 0.4) is 0 Å². The molecule has 0 amide bonds. The highest BCUT2D eigenvalue weighted by atomic mass is 32.3. The smallest absolute Gasteiger partial charge is 0.224 e. The molecule has 0 N–H and O–H groups in total. The van der Waals surface area contributed by atoms with E-state index in [2.05, 4.69) is 0 Å². The molecule has 72 valence electrons. The molecule has 0 aromatic rings. The molecule has 0 unspecified atom stereocenters. The average Bonchev–Trinajstić information content (AvgIpc) is 1.81. The molecule has 0 aromatic heterocycles. The summed E-state index contributed by atoms with van der Waals surface area (Å²) in [6.45, 7) is 0.866. The fourth-order valence-corrected chi connectivity index (χ4v) is 3.00.